The monoisotopic (exact) mass is 265 g/mol. The highest BCUT2D eigenvalue weighted by atomic mass is 16.7. The number of unbranched alkanes of at least 4 members (excludes halogenated alkanes) is 1. The maximum Gasteiger partial charge on any atom is 0.362 e. The van der Waals surface area contributed by atoms with Gasteiger partial charge in [-0.05, 0) is 18.6 Å². The van der Waals surface area contributed by atoms with Crippen LogP contribution in [0.4, 0.5) is 0 Å². The van der Waals surface area contributed by atoms with Gasteiger partial charge in [0.05, 0.1) is 18.6 Å². The summed E-state index contributed by atoms with van der Waals surface area (Å²) in [5.41, 5.74) is 2.49. The van der Waals surface area contributed by atoms with Gasteiger partial charge in [0.1, 0.15) is 0 Å². The van der Waals surface area contributed by atoms with Crippen LogP contribution in [0.1, 0.15) is 36.5 Å². The van der Waals surface area contributed by atoms with Crippen LogP contribution in [0.3, 0.4) is 0 Å². The Morgan fingerprint density at radius 2 is 1.89 bits per heavy atom. The third kappa shape index (κ3) is 6.57. The molecule has 1 aromatic carbocycles. The molecule has 1 aromatic rings. The first kappa shape index (κ1) is 15.2. The van der Waals surface area contributed by atoms with Crippen LogP contribution in [0, 0.1) is 0 Å². The number of hydrogen-bond acceptors (Lipinski definition) is 4. The highest BCUT2D eigenvalue weighted by Gasteiger charge is 2.08. The summed E-state index contributed by atoms with van der Waals surface area (Å²) in [6.07, 6.45) is 2.21. The number of rotatable bonds is 7. The zero-order valence-corrected chi connectivity index (χ0v) is 11.1. The van der Waals surface area contributed by atoms with Crippen molar-refractivity contribution < 1.29 is 19.2 Å². The molecule has 0 fully saturated rings. The zero-order valence-electron chi connectivity index (χ0n) is 11.1. The summed E-state index contributed by atoms with van der Waals surface area (Å²) in [6.45, 7) is 3.04. The summed E-state index contributed by atoms with van der Waals surface area (Å²) >= 11 is 0. The SMILES string of the molecule is CCCCOCCC(=O)NOC(=O)c1ccccc1. The molecule has 0 radical (unpaired) electrons. The summed E-state index contributed by atoms with van der Waals surface area (Å²) in [5, 5.41) is 0. The summed E-state index contributed by atoms with van der Waals surface area (Å²) in [6, 6.07) is 8.47. The predicted molar refractivity (Wildman–Crippen MR) is 70.3 cm³/mol. The van der Waals surface area contributed by atoms with Gasteiger partial charge in [-0.3, -0.25) is 4.79 Å². The van der Waals surface area contributed by atoms with Crippen molar-refractivity contribution in [3.8, 4) is 0 Å². The lowest BCUT2D eigenvalue weighted by atomic mass is 10.2. The Kier molecular flexibility index (Phi) is 7.27. The van der Waals surface area contributed by atoms with E-state index in [1.54, 1.807) is 30.3 Å². The molecule has 0 spiro atoms. The maximum absolute atomic E-state index is 11.5. The van der Waals surface area contributed by atoms with Crippen LogP contribution in [0.2, 0.25) is 0 Å². The normalized spacial score (nSPS) is 9.95. The van der Waals surface area contributed by atoms with Gasteiger partial charge in [0.25, 0.3) is 5.91 Å². The minimum absolute atomic E-state index is 0.172. The second-order valence-electron chi connectivity index (χ2n) is 4.00. The molecule has 0 saturated carbocycles. The molecular formula is C14H19NO4. The van der Waals surface area contributed by atoms with E-state index in [4.69, 9.17) is 4.74 Å². The van der Waals surface area contributed by atoms with Crippen molar-refractivity contribution in [2.75, 3.05) is 13.2 Å². The molecule has 104 valence electrons. The fourth-order valence-corrected chi connectivity index (χ4v) is 1.30. The van der Waals surface area contributed by atoms with Crippen molar-refractivity contribution in [2.24, 2.45) is 0 Å². The Balaban J connectivity index is 2.15. The predicted octanol–water partition coefficient (Wildman–Crippen LogP) is 2.08. The third-order valence-electron chi connectivity index (χ3n) is 2.38. The molecule has 0 heterocycles. The average Bonchev–Trinajstić information content (AvgIpc) is 2.45. The zero-order chi connectivity index (χ0) is 13.9. The Morgan fingerprint density at radius 1 is 1.16 bits per heavy atom. The van der Waals surface area contributed by atoms with Crippen molar-refractivity contribution in [1.82, 2.24) is 5.48 Å². The first-order valence-corrected chi connectivity index (χ1v) is 6.37. The number of carbonyl (C=O) groups is 2. The van der Waals surface area contributed by atoms with Crippen LogP contribution < -0.4 is 5.48 Å². The highest BCUT2D eigenvalue weighted by molar-refractivity contribution is 5.90. The van der Waals surface area contributed by atoms with Gasteiger partial charge in [-0.15, -0.1) is 0 Å². The van der Waals surface area contributed by atoms with Crippen LogP contribution >= 0.6 is 0 Å². The molecule has 5 heteroatoms. The molecule has 1 amide bonds. The van der Waals surface area contributed by atoms with Crippen molar-refractivity contribution in [1.29, 1.82) is 0 Å². The molecule has 1 rings (SSSR count). The van der Waals surface area contributed by atoms with Crippen molar-refractivity contribution in [3.63, 3.8) is 0 Å². The standard InChI is InChI=1S/C14H19NO4/c1-2-3-10-18-11-9-13(16)15-19-14(17)12-7-5-4-6-8-12/h4-8H,2-3,9-11H2,1H3,(H,15,16). The van der Waals surface area contributed by atoms with Gasteiger partial charge in [-0.2, -0.15) is 5.48 Å². The van der Waals surface area contributed by atoms with Gasteiger partial charge in [0.15, 0.2) is 0 Å². The first-order chi connectivity index (χ1) is 9.24. The van der Waals surface area contributed by atoms with Gasteiger partial charge in [0, 0.05) is 6.61 Å². The lowest BCUT2D eigenvalue weighted by Crippen LogP contribution is -2.27. The van der Waals surface area contributed by atoms with Crippen molar-refractivity contribution in [3.05, 3.63) is 35.9 Å². The number of amides is 1. The Hall–Kier alpha value is -1.88. The van der Waals surface area contributed by atoms with E-state index in [2.05, 4.69) is 17.2 Å². The molecule has 0 saturated heterocycles. The van der Waals surface area contributed by atoms with E-state index in [1.165, 1.54) is 0 Å². The lowest BCUT2D eigenvalue weighted by Gasteiger charge is -2.06. The van der Waals surface area contributed by atoms with Crippen LogP contribution in [-0.4, -0.2) is 25.1 Å². The second kappa shape index (κ2) is 9.10. The molecule has 0 atom stereocenters. The van der Waals surface area contributed by atoms with E-state index >= 15 is 0 Å². The smallest absolute Gasteiger partial charge is 0.362 e. The van der Waals surface area contributed by atoms with Gasteiger partial charge < -0.3 is 9.57 Å². The second-order valence-corrected chi connectivity index (χ2v) is 4.00. The Morgan fingerprint density at radius 3 is 2.58 bits per heavy atom. The number of ether oxygens (including phenoxy) is 1. The summed E-state index contributed by atoms with van der Waals surface area (Å²) in [7, 11) is 0. The van der Waals surface area contributed by atoms with E-state index in [0.29, 0.717) is 18.8 Å². The summed E-state index contributed by atoms with van der Waals surface area (Å²) < 4.78 is 5.23. The van der Waals surface area contributed by atoms with Gasteiger partial charge in [-0.25, -0.2) is 4.79 Å². The fraction of sp³-hybridized carbons (Fsp3) is 0.429. The Bertz CT molecular complexity index is 392. The molecular weight excluding hydrogens is 246 g/mol. The van der Waals surface area contributed by atoms with Crippen LogP contribution in [0.25, 0.3) is 0 Å². The average molecular weight is 265 g/mol. The molecule has 0 unspecified atom stereocenters. The highest BCUT2D eigenvalue weighted by Crippen LogP contribution is 1.99. The van der Waals surface area contributed by atoms with E-state index < -0.39 is 5.97 Å². The van der Waals surface area contributed by atoms with Gasteiger partial charge >= 0.3 is 5.97 Å². The largest absolute Gasteiger partial charge is 0.381 e. The van der Waals surface area contributed by atoms with Crippen molar-refractivity contribution in [2.45, 2.75) is 26.2 Å². The maximum atomic E-state index is 11.5. The molecule has 0 aliphatic carbocycles. The number of carbonyl (C=O) groups excluding carboxylic acids is 2. The molecule has 0 aromatic heterocycles. The minimum atomic E-state index is -0.583. The quantitative estimate of drug-likeness (QED) is 0.605. The first-order valence-electron chi connectivity index (χ1n) is 6.37. The van der Waals surface area contributed by atoms with E-state index in [1.807, 2.05) is 0 Å². The lowest BCUT2D eigenvalue weighted by molar-refractivity contribution is -0.131. The summed E-state index contributed by atoms with van der Waals surface area (Å²) in [4.78, 5) is 27.5. The molecule has 0 aliphatic heterocycles. The molecule has 5 nitrogen and oxygen atoms in total. The van der Waals surface area contributed by atoms with Crippen LogP contribution in [0.5, 0.6) is 0 Å². The summed E-state index contributed by atoms with van der Waals surface area (Å²) in [5.74, 6) is -0.957. The van der Waals surface area contributed by atoms with E-state index in [0.717, 1.165) is 12.8 Å². The minimum Gasteiger partial charge on any atom is -0.381 e. The van der Waals surface area contributed by atoms with E-state index in [9.17, 15) is 9.59 Å². The van der Waals surface area contributed by atoms with E-state index in [-0.39, 0.29) is 12.3 Å². The molecule has 0 bridgehead atoms. The number of hydrogen-bond donors (Lipinski definition) is 1. The van der Waals surface area contributed by atoms with Gasteiger partial charge in [0.2, 0.25) is 0 Å². The van der Waals surface area contributed by atoms with Crippen molar-refractivity contribution >= 4 is 11.9 Å². The molecule has 1 N–H and O–H groups in total. The topological polar surface area (TPSA) is 64.6 Å². The number of hydroxylamine groups is 1. The molecule has 19 heavy (non-hydrogen) atoms. The van der Waals surface area contributed by atoms with Crippen LogP contribution in [-0.2, 0) is 14.4 Å². The van der Waals surface area contributed by atoms with Crippen LogP contribution in [0.15, 0.2) is 30.3 Å². The molecule has 0 aliphatic rings. The number of nitrogens with one attached hydrogen (secondary N) is 1. The number of benzene rings is 1. The fourth-order valence-electron chi connectivity index (χ4n) is 1.30. The third-order valence-corrected chi connectivity index (χ3v) is 2.38. The van der Waals surface area contributed by atoms with Gasteiger partial charge in [-0.1, -0.05) is 31.5 Å². The Labute approximate surface area is 112 Å².